The molecule has 4 heteroatoms. The third kappa shape index (κ3) is 3.05. The number of primary amides is 1. The molecule has 0 spiro atoms. The molecule has 3 nitrogen and oxygen atoms in total. The summed E-state index contributed by atoms with van der Waals surface area (Å²) >= 11 is 0. The van der Waals surface area contributed by atoms with Gasteiger partial charge in [-0.25, -0.2) is 4.39 Å². The summed E-state index contributed by atoms with van der Waals surface area (Å²) in [5.74, 6) is -0.176. The average Bonchev–Trinajstić information content (AvgIpc) is 2.43. The lowest BCUT2D eigenvalue weighted by molar-refractivity contribution is 0.100. The Hall–Kier alpha value is -2.36. The number of amides is 1. The van der Waals surface area contributed by atoms with Crippen molar-refractivity contribution in [3.63, 3.8) is 0 Å². The van der Waals surface area contributed by atoms with Gasteiger partial charge in [-0.2, -0.15) is 0 Å². The van der Waals surface area contributed by atoms with Crippen LogP contribution in [-0.4, -0.2) is 11.9 Å². The number of hydrogen-bond donors (Lipinski definition) is 2. The summed E-state index contributed by atoms with van der Waals surface area (Å²) in [6.45, 7) is 0. The summed E-state index contributed by atoms with van der Waals surface area (Å²) in [5.41, 5.74) is 7.76. The van der Waals surface area contributed by atoms with E-state index in [4.69, 9.17) is 5.73 Å². The van der Waals surface area contributed by atoms with E-state index in [1.807, 2.05) is 18.2 Å². The number of benzene rings is 2. The molecule has 0 aliphatic heterocycles. The molecule has 0 saturated heterocycles. The minimum Gasteiger partial charge on any atom is -0.382 e. The predicted octanol–water partition coefficient (Wildman–Crippen LogP) is 3.28. The monoisotopic (exact) mass is 284 g/mol. The lowest BCUT2D eigenvalue weighted by atomic mass is 9.76. The van der Waals surface area contributed by atoms with Crippen molar-refractivity contribution in [2.75, 3.05) is 5.32 Å². The number of carbonyl (C=O) groups excluding carboxylic acids is 1. The molecule has 1 fully saturated rings. The normalized spacial score (nSPS) is 20.6. The SMILES string of the molecule is NC(=O)c1ccc(NC2CC(c3cccc(F)c3)C2)cc1. The van der Waals surface area contributed by atoms with E-state index in [2.05, 4.69) is 5.32 Å². The molecule has 1 aliphatic rings. The van der Waals surface area contributed by atoms with Crippen molar-refractivity contribution < 1.29 is 9.18 Å². The van der Waals surface area contributed by atoms with Crippen LogP contribution in [0.4, 0.5) is 10.1 Å². The van der Waals surface area contributed by atoms with Crippen LogP contribution in [0.25, 0.3) is 0 Å². The summed E-state index contributed by atoms with van der Waals surface area (Å²) in [6, 6.07) is 14.4. The third-order valence-corrected chi connectivity index (χ3v) is 4.00. The van der Waals surface area contributed by atoms with Gasteiger partial charge in [0, 0.05) is 17.3 Å². The van der Waals surface area contributed by atoms with E-state index in [9.17, 15) is 9.18 Å². The van der Waals surface area contributed by atoms with Gasteiger partial charge >= 0.3 is 0 Å². The van der Waals surface area contributed by atoms with Crippen molar-refractivity contribution in [3.8, 4) is 0 Å². The Balaban J connectivity index is 1.56. The van der Waals surface area contributed by atoms with Crippen LogP contribution in [-0.2, 0) is 0 Å². The fourth-order valence-electron chi connectivity index (χ4n) is 2.73. The lowest BCUT2D eigenvalue weighted by Crippen LogP contribution is -2.34. The molecule has 2 aromatic rings. The number of halogens is 1. The highest BCUT2D eigenvalue weighted by Gasteiger charge is 2.30. The molecule has 0 radical (unpaired) electrons. The van der Waals surface area contributed by atoms with E-state index < -0.39 is 5.91 Å². The molecule has 0 atom stereocenters. The highest BCUT2D eigenvalue weighted by molar-refractivity contribution is 5.93. The summed E-state index contributed by atoms with van der Waals surface area (Å²) < 4.78 is 13.2. The molecule has 1 amide bonds. The van der Waals surface area contributed by atoms with Gasteiger partial charge in [0.2, 0.25) is 5.91 Å². The molecule has 0 unspecified atom stereocenters. The maximum Gasteiger partial charge on any atom is 0.248 e. The number of nitrogens with two attached hydrogens (primary N) is 1. The van der Waals surface area contributed by atoms with Gasteiger partial charge in [0.05, 0.1) is 0 Å². The predicted molar refractivity (Wildman–Crippen MR) is 80.7 cm³/mol. The van der Waals surface area contributed by atoms with Crippen molar-refractivity contribution >= 4 is 11.6 Å². The molecule has 0 aromatic heterocycles. The van der Waals surface area contributed by atoms with E-state index in [1.165, 1.54) is 6.07 Å². The second-order valence-electron chi connectivity index (χ2n) is 5.51. The summed E-state index contributed by atoms with van der Waals surface area (Å²) in [7, 11) is 0. The maximum absolute atomic E-state index is 13.2. The third-order valence-electron chi connectivity index (χ3n) is 4.00. The Kier molecular flexibility index (Phi) is 3.60. The quantitative estimate of drug-likeness (QED) is 0.905. The molecular formula is C17H17FN2O. The van der Waals surface area contributed by atoms with Crippen molar-refractivity contribution in [2.45, 2.75) is 24.8 Å². The second kappa shape index (κ2) is 5.56. The topological polar surface area (TPSA) is 55.1 Å². The van der Waals surface area contributed by atoms with Gasteiger partial charge in [0.25, 0.3) is 0 Å². The first-order chi connectivity index (χ1) is 10.1. The minimum atomic E-state index is -0.420. The van der Waals surface area contributed by atoms with E-state index in [0.717, 1.165) is 24.1 Å². The van der Waals surface area contributed by atoms with Crippen molar-refractivity contribution in [1.29, 1.82) is 0 Å². The van der Waals surface area contributed by atoms with Crippen molar-refractivity contribution in [3.05, 3.63) is 65.5 Å². The Morgan fingerprint density at radius 1 is 1.14 bits per heavy atom. The van der Waals surface area contributed by atoms with Crippen LogP contribution in [0.3, 0.4) is 0 Å². The lowest BCUT2D eigenvalue weighted by Gasteiger charge is -2.37. The van der Waals surface area contributed by atoms with Gasteiger partial charge < -0.3 is 11.1 Å². The zero-order valence-corrected chi connectivity index (χ0v) is 11.6. The van der Waals surface area contributed by atoms with Crippen LogP contribution in [0.15, 0.2) is 48.5 Å². The van der Waals surface area contributed by atoms with Gasteiger partial charge in [0.15, 0.2) is 0 Å². The Bertz CT molecular complexity index is 648. The number of nitrogens with one attached hydrogen (secondary N) is 1. The molecule has 1 saturated carbocycles. The first kappa shape index (κ1) is 13.6. The number of anilines is 1. The molecular weight excluding hydrogens is 267 g/mol. The molecule has 0 bridgehead atoms. The molecule has 21 heavy (non-hydrogen) atoms. The first-order valence-electron chi connectivity index (χ1n) is 7.03. The Morgan fingerprint density at radius 3 is 2.48 bits per heavy atom. The zero-order chi connectivity index (χ0) is 14.8. The van der Waals surface area contributed by atoms with Crippen molar-refractivity contribution in [1.82, 2.24) is 0 Å². The molecule has 108 valence electrons. The molecule has 3 rings (SSSR count). The van der Waals surface area contributed by atoms with Gasteiger partial charge in [-0.15, -0.1) is 0 Å². The second-order valence-corrected chi connectivity index (χ2v) is 5.51. The molecule has 2 aromatic carbocycles. The zero-order valence-electron chi connectivity index (χ0n) is 11.6. The average molecular weight is 284 g/mol. The maximum atomic E-state index is 13.2. The summed E-state index contributed by atoms with van der Waals surface area (Å²) in [5, 5.41) is 3.41. The van der Waals surface area contributed by atoms with E-state index in [-0.39, 0.29) is 5.82 Å². The van der Waals surface area contributed by atoms with Crippen LogP contribution < -0.4 is 11.1 Å². The smallest absolute Gasteiger partial charge is 0.248 e. The van der Waals surface area contributed by atoms with E-state index in [0.29, 0.717) is 17.5 Å². The minimum absolute atomic E-state index is 0.175. The Morgan fingerprint density at radius 2 is 1.86 bits per heavy atom. The standard InChI is InChI=1S/C17H17FN2O/c18-14-3-1-2-12(8-14)13-9-16(10-13)20-15-6-4-11(5-7-15)17(19)21/h1-8,13,16,20H,9-10H2,(H2,19,21). The van der Waals surface area contributed by atoms with Crippen LogP contribution in [0.2, 0.25) is 0 Å². The highest BCUT2D eigenvalue weighted by atomic mass is 19.1. The van der Waals surface area contributed by atoms with Crippen LogP contribution in [0.5, 0.6) is 0 Å². The number of hydrogen-bond acceptors (Lipinski definition) is 2. The van der Waals surface area contributed by atoms with Gasteiger partial charge in [0.1, 0.15) is 5.82 Å². The van der Waals surface area contributed by atoms with Crippen LogP contribution in [0, 0.1) is 5.82 Å². The van der Waals surface area contributed by atoms with Gasteiger partial charge in [-0.1, -0.05) is 12.1 Å². The summed E-state index contributed by atoms with van der Waals surface area (Å²) in [6.07, 6.45) is 1.97. The Labute approximate surface area is 123 Å². The molecule has 0 heterocycles. The van der Waals surface area contributed by atoms with E-state index >= 15 is 0 Å². The van der Waals surface area contributed by atoms with Crippen molar-refractivity contribution in [2.24, 2.45) is 5.73 Å². The molecule has 1 aliphatic carbocycles. The van der Waals surface area contributed by atoms with Gasteiger partial charge in [-0.3, -0.25) is 4.79 Å². The largest absolute Gasteiger partial charge is 0.382 e. The van der Waals surface area contributed by atoms with Crippen LogP contribution >= 0.6 is 0 Å². The fraction of sp³-hybridized carbons (Fsp3) is 0.235. The summed E-state index contributed by atoms with van der Waals surface area (Å²) in [4.78, 5) is 11.0. The molecule has 3 N–H and O–H groups in total. The van der Waals surface area contributed by atoms with Crippen LogP contribution in [0.1, 0.15) is 34.7 Å². The first-order valence-corrected chi connectivity index (χ1v) is 7.03. The van der Waals surface area contributed by atoms with Gasteiger partial charge in [-0.05, 0) is 60.7 Å². The number of rotatable bonds is 4. The van der Waals surface area contributed by atoms with E-state index in [1.54, 1.807) is 24.3 Å². The number of carbonyl (C=O) groups is 1. The fourth-order valence-corrected chi connectivity index (χ4v) is 2.73. The highest BCUT2D eigenvalue weighted by Crippen LogP contribution is 2.38.